The van der Waals surface area contributed by atoms with Crippen molar-refractivity contribution < 1.29 is 19.4 Å². The van der Waals surface area contributed by atoms with E-state index in [1.54, 1.807) is 18.2 Å². The van der Waals surface area contributed by atoms with Crippen LogP contribution in [0, 0.1) is 5.92 Å². The molecule has 0 aliphatic carbocycles. The number of phenols is 1. The van der Waals surface area contributed by atoms with E-state index in [0.717, 1.165) is 12.0 Å². The van der Waals surface area contributed by atoms with E-state index >= 15 is 0 Å². The van der Waals surface area contributed by atoms with Crippen molar-refractivity contribution in [3.63, 3.8) is 0 Å². The Labute approximate surface area is 119 Å². The zero-order valence-electron chi connectivity index (χ0n) is 12.1. The first-order valence-electron chi connectivity index (χ1n) is 6.58. The molecule has 0 radical (unpaired) electrons. The first-order valence-corrected chi connectivity index (χ1v) is 6.58. The van der Waals surface area contributed by atoms with Gasteiger partial charge in [-0.1, -0.05) is 26.0 Å². The molecule has 108 valence electrons. The van der Waals surface area contributed by atoms with Gasteiger partial charge in [-0.2, -0.15) is 0 Å². The fourth-order valence-electron chi connectivity index (χ4n) is 1.62. The van der Waals surface area contributed by atoms with Crippen molar-refractivity contribution in [1.29, 1.82) is 0 Å². The third kappa shape index (κ3) is 4.53. The monoisotopic (exact) mass is 276 g/mol. The first kappa shape index (κ1) is 16.0. The van der Waals surface area contributed by atoms with Gasteiger partial charge in [-0.3, -0.25) is 9.59 Å². The molecule has 0 saturated carbocycles. The summed E-state index contributed by atoms with van der Waals surface area (Å²) in [5.74, 6) is 0.0482. The van der Waals surface area contributed by atoms with Gasteiger partial charge in [0.2, 0.25) is 0 Å². The van der Waals surface area contributed by atoms with Crippen LogP contribution in [-0.2, 0) is 9.59 Å². The largest absolute Gasteiger partial charge is 0.504 e. The number of allylic oxidation sites excluding steroid dienone is 1. The summed E-state index contributed by atoms with van der Waals surface area (Å²) in [6.45, 7) is 3.75. The minimum Gasteiger partial charge on any atom is -0.504 e. The van der Waals surface area contributed by atoms with E-state index in [2.05, 4.69) is 0 Å². The molecule has 0 aliphatic heterocycles. The molecule has 1 rings (SSSR count). The quantitative estimate of drug-likeness (QED) is 0.614. The Kier molecular flexibility index (Phi) is 5.97. The van der Waals surface area contributed by atoms with Crippen LogP contribution >= 0.6 is 0 Å². The Hall–Kier alpha value is -2.10. The highest BCUT2D eigenvalue weighted by Crippen LogP contribution is 2.26. The molecule has 20 heavy (non-hydrogen) atoms. The van der Waals surface area contributed by atoms with Crippen LogP contribution in [0.3, 0.4) is 0 Å². The second kappa shape index (κ2) is 7.48. The minimum atomic E-state index is -0.220. The predicted octanol–water partition coefficient (Wildman–Crippen LogP) is 2.99. The summed E-state index contributed by atoms with van der Waals surface area (Å²) in [5, 5.41) is 9.46. The summed E-state index contributed by atoms with van der Waals surface area (Å²) in [6, 6.07) is 4.78. The molecule has 1 atom stereocenters. The van der Waals surface area contributed by atoms with Crippen LogP contribution in [0.5, 0.6) is 11.5 Å². The fraction of sp³-hybridized carbons (Fsp3) is 0.375. The number of ketones is 2. The van der Waals surface area contributed by atoms with Crippen molar-refractivity contribution in [2.75, 3.05) is 7.11 Å². The van der Waals surface area contributed by atoms with E-state index < -0.39 is 0 Å². The van der Waals surface area contributed by atoms with Crippen LogP contribution in [0.2, 0.25) is 0 Å². The molecule has 4 nitrogen and oxygen atoms in total. The summed E-state index contributed by atoms with van der Waals surface area (Å²) < 4.78 is 4.98. The van der Waals surface area contributed by atoms with Gasteiger partial charge in [0.1, 0.15) is 5.78 Å². The number of hydrogen-bond acceptors (Lipinski definition) is 4. The van der Waals surface area contributed by atoms with Gasteiger partial charge in [0.05, 0.1) is 13.5 Å². The molecule has 0 heterocycles. The molecule has 0 amide bonds. The topological polar surface area (TPSA) is 63.6 Å². The second-order valence-corrected chi connectivity index (χ2v) is 4.68. The summed E-state index contributed by atoms with van der Waals surface area (Å²) in [7, 11) is 1.46. The Morgan fingerprint density at radius 1 is 1.40 bits per heavy atom. The highest BCUT2D eigenvalue weighted by Gasteiger charge is 2.13. The Bertz CT molecular complexity index is 517. The third-order valence-corrected chi connectivity index (χ3v) is 3.18. The van der Waals surface area contributed by atoms with Crippen molar-refractivity contribution in [3.8, 4) is 11.5 Å². The molecule has 0 aromatic heterocycles. The molecule has 0 fully saturated rings. The van der Waals surface area contributed by atoms with Gasteiger partial charge in [-0.05, 0) is 30.2 Å². The number of ether oxygens (including phenoxy) is 1. The molecular weight excluding hydrogens is 256 g/mol. The van der Waals surface area contributed by atoms with Gasteiger partial charge in [0.15, 0.2) is 17.3 Å². The number of benzene rings is 1. The van der Waals surface area contributed by atoms with Crippen molar-refractivity contribution in [1.82, 2.24) is 0 Å². The molecule has 1 unspecified atom stereocenters. The molecule has 0 spiro atoms. The van der Waals surface area contributed by atoms with E-state index in [0.29, 0.717) is 5.75 Å². The normalized spacial score (nSPS) is 12.3. The van der Waals surface area contributed by atoms with Crippen LogP contribution < -0.4 is 4.74 Å². The Morgan fingerprint density at radius 2 is 2.10 bits per heavy atom. The first-order chi connectivity index (χ1) is 9.47. The average molecular weight is 276 g/mol. The number of Topliss-reactive ketones (excluding diaryl/α,β-unsaturated/α-hetero) is 1. The van der Waals surface area contributed by atoms with Crippen LogP contribution in [0.25, 0.3) is 6.08 Å². The Morgan fingerprint density at radius 3 is 2.70 bits per heavy atom. The molecule has 0 bridgehead atoms. The lowest BCUT2D eigenvalue weighted by atomic mass is 9.99. The molecule has 1 N–H and O–H groups in total. The summed E-state index contributed by atoms with van der Waals surface area (Å²) in [5.41, 5.74) is 0.726. The van der Waals surface area contributed by atoms with Gasteiger partial charge < -0.3 is 9.84 Å². The van der Waals surface area contributed by atoms with Crippen molar-refractivity contribution in [2.24, 2.45) is 5.92 Å². The summed E-state index contributed by atoms with van der Waals surface area (Å²) in [4.78, 5) is 23.3. The molecular formula is C16H20O4. The lowest BCUT2D eigenvalue weighted by molar-refractivity contribution is -0.127. The van der Waals surface area contributed by atoms with Gasteiger partial charge in [0, 0.05) is 5.92 Å². The number of rotatable bonds is 7. The summed E-state index contributed by atoms with van der Waals surface area (Å²) >= 11 is 0. The number of carbonyl (C=O) groups is 2. The van der Waals surface area contributed by atoms with E-state index in [1.807, 2.05) is 13.8 Å². The zero-order chi connectivity index (χ0) is 15.1. The number of phenolic OH excluding ortho intramolecular Hbond substituents is 1. The van der Waals surface area contributed by atoms with Gasteiger partial charge in [0.25, 0.3) is 0 Å². The van der Waals surface area contributed by atoms with Crippen LogP contribution in [0.15, 0.2) is 24.3 Å². The van der Waals surface area contributed by atoms with Crippen LogP contribution in [-0.4, -0.2) is 23.8 Å². The number of aromatic hydroxyl groups is 1. The average Bonchev–Trinajstić information content (AvgIpc) is 2.45. The standard InChI is InChI=1S/C16H20O4/c1-4-11(2)15(19)10-13(17)7-5-12-6-8-14(18)16(9-12)20-3/h5-9,11,18H,4,10H2,1-3H3/b7-5+. The predicted molar refractivity (Wildman–Crippen MR) is 77.8 cm³/mol. The molecule has 0 aliphatic rings. The van der Waals surface area contributed by atoms with E-state index in [-0.39, 0.29) is 29.7 Å². The van der Waals surface area contributed by atoms with E-state index in [4.69, 9.17) is 4.74 Å². The Balaban J connectivity index is 2.68. The molecule has 1 aromatic carbocycles. The van der Waals surface area contributed by atoms with E-state index in [9.17, 15) is 14.7 Å². The number of hydrogen-bond donors (Lipinski definition) is 1. The second-order valence-electron chi connectivity index (χ2n) is 4.68. The maximum Gasteiger partial charge on any atom is 0.163 e. The van der Waals surface area contributed by atoms with Crippen molar-refractivity contribution in [3.05, 3.63) is 29.8 Å². The smallest absolute Gasteiger partial charge is 0.163 e. The molecule has 0 saturated heterocycles. The maximum absolute atomic E-state index is 11.7. The minimum absolute atomic E-state index is 0.0366. The van der Waals surface area contributed by atoms with Crippen molar-refractivity contribution in [2.45, 2.75) is 26.7 Å². The van der Waals surface area contributed by atoms with Gasteiger partial charge in [-0.25, -0.2) is 0 Å². The van der Waals surface area contributed by atoms with E-state index in [1.165, 1.54) is 19.3 Å². The summed E-state index contributed by atoms with van der Waals surface area (Å²) in [6.07, 6.45) is 3.66. The fourth-order valence-corrected chi connectivity index (χ4v) is 1.62. The lowest BCUT2D eigenvalue weighted by Crippen LogP contribution is -2.13. The lowest BCUT2D eigenvalue weighted by Gasteiger charge is -2.05. The number of methoxy groups -OCH3 is 1. The maximum atomic E-state index is 11.7. The highest BCUT2D eigenvalue weighted by molar-refractivity contribution is 6.06. The molecule has 4 heteroatoms. The number of carbonyl (C=O) groups excluding carboxylic acids is 2. The third-order valence-electron chi connectivity index (χ3n) is 3.18. The van der Waals surface area contributed by atoms with Gasteiger partial charge in [-0.15, -0.1) is 0 Å². The van der Waals surface area contributed by atoms with Crippen molar-refractivity contribution >= 4 is 17.6 Å². The zero-order valence-corrected chi connectivity index (χ0v) is 12.1. The van der Waals surface area contributed by atoms with Gasteiger partial charge >= 0.3 is 0 Å². The molecule has 1 aromatic rings. The van der Waals surface area contributed by atoms with Crippen LogP contribution in [0.1, 0.15) is 32.3 Å². The highest BCUT2D eigenvalue weighted by atomic mass is 16.5. The van der Waals surface area contributed by atoms with Crippen LogP contribution in [0.4, 0.5) is 0 Å². The SMILES string of the molecule is CCC(C)C(=O)CC(=O)/C=C/c1ccc(O)c(OC)c1.